The Morgan fingerprint density at radius 3 is 2.64 bits per heavy atom. The number of nitrogens with one attached hydrogen (secondary N) is 2. The van der Waals surface area contributed by atoms with Crippen molar-refractivity contribution in [2.45, 2.75) is 0 Å². The van der Waals surface area contributed by atoms with Crippen molar-refractivity contribution in [3.05, 3.63) is 26.2 Å². The normalized spacial score (nSPS) is 13.0. The van der Waals surface area contributed by atoms with E-state index < -0.39 is 4.92 Å². The van der Waals surface area contributed by atoms with Crippen LogP contribution in [0.3, 0.4) is 0 Å². The molecule has 0 radical (unpaired) electrons. The maximum atomic E-state index is 10.6. The van der Waals surface area contributed by atoms with E-state index in [9.17, 15) is 10.1 Å². The molecule has 1 aliphatic rings. The Balaban J connectivity index is 2.68. The first kappa shape index (κ1) is 9.70. The molecule has 0 atom stereocenters. The van der Waals surface area contributed by atoms with Gasteiger partial charge < -0.3 is 9.44 Å². The Morgan fingerprint density at radius 1 is 1.36 bits per heavy atom. The number of nitrogens with zero attached hydrogens (tertiary/aromatic N) is 1. The van der Waals surface area contributed by atoms with E-state index in [-0.39, 0.29) is 15.7 Å². The zero-order valence-corrected chi connectivity index (χ0v) is 8.83. The Kier molecular flexibility index (Phi) is 2.34. The number of nitro groups is 1. The topological polar surface area (TPSA) is 67.2 Å². The van der Waals surface area contributed by atoms with Gasteiger partial charge in [-0.05, 0) is 0 Å². The van der Waals surface area contributed by atoms with E-state index in [4.69, 9.17) is 23.2 Å². The van der Waals surface area contributed by atoms with Crippen LogP contribution in [0.2, 0.25) is 10.0 Å². The van der Waals surface area contributed by atoms with Gasteiger partial charge in [-0.15, -0.1) is 0 Å². The molecule has 1 aliphatic heterocycles. The number of fused-ring (bicyclic) bond motifs is 1. The van der Waals surface area contributed by atoms with Crippen molar-refractivity contribution in [1.82, 2.24) is 0 Å². The van der Waals surface area contributed by atoms with Crippen LogP contribution in [-0.2, 0) is 0 Å². The summed E-state index contributed by atoms with van der Waals surface area (Å²) in [6, 6.07) is 1.23. The van der Waals surface area contributed by atoms with Gasteiger partial charge in [0.05, 0.1) is 33.5 Å². The molecule has 1 aromatic carbocycles. The summed E-state index contributed by atoms with van der Waals surface area (Å²) >= 11 is 12.8. The average molecular weight is 252 g/mol. The SMILES string of the molecule is O=[N+]([O-])c1cc(Cl)c2c(c1Cl)NSN2. The van der Waals surface area contributed by atoms with Crippen LogP contribution in [0.1, 0.15) is 0 Å². The van der Waals surface area contributed by atoms with Gasteiger partial charge in [0, 0.05) is 6.07 Å². The number of nitro benzene ring substituents is 1. The van der Waals surface area contributed by atoms with E-state index in [1.54, 1.807) is 0 Å². The molecule has 2 rings (SSSR count). The number of rotatable bonds is 1. The van der Waals surface area contributed by atoms with Crippen LogP contribution in [-0.4, -0.2) is 4.92 Å². The predicted molar refractivity (Wildman–Crippen MR) is 58.0 cm³/mol. The maximum absolute atomic E-state index is 10.6. The molecule has 0 bridgehead atoms. The number of benzene rings is 1. The highest BCUT2D eigenvalue weighted by atomic mass is 35.5. The van der Waals surface area contributed by atoms with Gasteiger partial charge in [0.1, 0.15) is 5.02 Å². The summed E-state index contributed by atoms with van der Waals surface area (Å²) in [6.07, 6.45) is 0. The van der Waals surface area contributed by atoms with Gasteiger partial charge in [0.2, 0.25) is 0 Å². The molecule has 1 heterocycles. The van der Waals surface area contributed by atoms with Crippen molar-refractivity contribution in [2.75, 3.05) is 9.44 Å². The van der Waals surface area contributed by atoms with Crippen molar-refractivity contribution in [3.63, 3.8) is 0 Å². The van der Waals surface area contributed by atoms with Gasteiger partial charge in [-0.1, -0.05) is 23.2 Å². The second-order valence-electron chi connectivity index (χ2n) is 2.50. The Morgan fingerprint density at radius 2 is 2.00 bits per heavy atom. The molecular weight excluding hydrogens is 249 g/mol. The summed E-state index contributed by atoms with van der Waals surface area (Å²) < 4.78 is 5.63. The molecule has 0 unspecified atom stereocenters. The van der Waals surface area contributed by atoms with Crippen LogP contribution in [0.4, 0.5) is 17.1 Å². The van der Waals surface area contributed by atoms with E-state index in [1.165, 1.54) is 6.07 Å². The molecule has 0 aromatic heterocycles. The molecule has 14 heavy (non-hydrogen) atoms. The molecule has 0 aliphatic carbocycles. The van der Waals surface area contributed by atoms with Crippen molar-refractivity contribution < 1.29 is 4.92 Å². The van der Waals surface area contributed by atoms with Gasteiger partial charge in [-0.2, -0.15) is 0 Å². The van der Waals surface area contributed by atoms with Gasteiger partial charge >= 0.3 is 0 Å². The molecule has 0 fully saturated rings. The minimum atomic E-state index is -0.570. The molecule has 0 spiro atoms. The second-order valence-corrected chi connectivity index (χ2v) is 3.90. The molecule has 8 heteroatoms. The Hall–Kier alpha value is -0.850. The lowest BCUT2D eigenvalue weighted by molar-refractivity contribution is -0.384. The molecule has 5 nitrogen and oxygen atoms in total. The van der Waals surface area contributed by atoms with Gasteiger partial charge in [-0.25, -0.2) is 0 Å². The molecule has 2 N–H and O–H groups in total. The summed E-state index contributed by atoms with van der Waals surface area (Å²) in [4.78, 5) is 10.0. The first-order chi connectivity index (χ1) is 6.61. The molecule has 0 saturated heterocycles. The van der Waals surface area contributed by atoms with Crippen molar-refractivity contribution in [2.24, 2.45) is 0 Å². The van der Waals surface area contributed by atoms with Crippen LogP contribution >= 0.6 is 35.3 Å². The minimum Gasteiger partial charge on any atom is -0.309 e. The summed E-state index contributed by atoms with van der Waals surface area (Å²) in [7, 11) is 0. The predicted octanol–water partition coefficient (Wildman–Crippen LogP) is 3.30. The summed E-state index contributed by atoms with van der Waals surface area (Å²) in [5.41, 5.74) is 0.829. The fourth-order valence-corrected chi connectivity index (χ4v) is 2.36. The molecule has 0 amide bonds. The zero-order chi connectivity index (χ0) is 10.3. The molecule has 0 saturated carbocycles. The molecule has 74 valence electrons. The minimum absolute atomic E-state index is 0.0619. The van der Waals surface area contributed by atoms with Gasteiger partial charge in [0.15, 0.2) is 0 Å². The highest BCUT2D eigenvalue weighted by Gasteiger charge is 2.25. The lowest BCUT2D eigenvalue weighted by Gasteiger charge is -2.03. The van der Waals surface area contributed by atoms with Crippen molar-refractivity contribution in [3.8, 4) is 0 Å². The van der Waals surface area contributed by atoms with E-state index in [2.05, 4.69) is 9.44 Å². The van der Waals surface area contributed by atoms with Crippen molar-refractivity contribution in [1.29, 1.82) is 0 Å². The lowest BCUT2D eigenvalue weighted by Crippen LogP contribution is -1.91. The lowest BCUT2D eigenvalue weighted by atomic mass is 10.2. The third-order valence-electron chi connectivity index (χ3n) is 1.70. The van der Waals surface area contributed by atoms with E-state index in [0.29, 0.717) is 11.4 Å². The van der Waals surface area contributed by atoms with Crippen LogP contribution < -0.4 is 9.44 Å². The van der Waals surface area contributed by atoms with E-state index in [0.717, 1.165) is 12.1 Å². The number of halogens is 2. The van der Waals surface area contributed by atoms with E-state index in [1.807, 2.05) is 0 Å². The third kappa shape index (κ3) is 1.35. The smallest absolute Gasteiger partial charge is 0.291 e. The summed E-state index contributed by atoms with van der Waals surface area (Å²) in [5, 5.41) is 10.9. The van der Waals surface area contributed by atoms with Gasteiger partial charge in [0.25, 0.3) is 5.69 Å². The number of hydrogen-bond acceptors (Lipinski definition) is 5. The first-order valence-electron chi connectivity index (χ1n) is 3.45. The highest BCUT2D eigenvalue weighted by molar-refractivity contribution is 8.02. The maximum Gasteiger partial charge on any atom is 0.291 e. The van der Waals surface area contributed by atoms with Crippen molar-refractivity contribution >= 4 is 52.4 Å². The number of anilines is 2. The quantitative estimate of drug-likeness (QED) is 0.456. The summed E-state index contributed by atoms with van der Waals surface area (Å²) in [6.45, 7) is 0. The van der Waals surface area contributed by atoms with E-state index >= 15 is 0 Å². The zero-order valence-electron chi connectivity index (χ0n) is 6.51. The second kappa shape index (κ2) is 3.38. The Labute approximate surface area is 93.2 Å². The fourth-order valence-electron chi connectivity index (χ4n) is 1.07. The van der Waals surface area contributed by atoms with Crippen LogP contribution in [0, 0.1) is 10.1 Å². The fraction of sp³-hybridized carbons (Fsp3) is 0. The Bertz CT molecular complexity index is 426. The van der Waals surface area contributed by atoms with Crippen LogP contribution in [0.25, 0.3) is 0 Å². The largest absolute Gasteiger partial charge is 0.309 e. The average Bonchev–Trinajstić information content (AvgIpc) is 2.59. The first-order valence-corrected chi connectivity index (χ1v) is 5.02. The number of hydrogen-bond donors (Lipinski definition) is 2. The summed E-state index contributed by atoms with van der Waals surface area (Å²) in [5.74, 6) is 0. The van der Waals surface area contributed by atoms with Crippen LogP contribution in [0.5, 0.6) is 0 Å². The molecular formula is C6H3Cl2N3O2S. The monoisotopic (exact) mass is 251 g/mol. The van der Waals surface area contributed by atoms with Crippen LogP contribution in [0.15, 0.2) is 6.07 Å². The highest BCUT2D eigenvalue weighted by Crippen LogP contribution is 2.47. The third-order valence-corrected chi connectivity index (χ3v) is 2.99. The standard InChI is InChI=1S/C6H3Cl2N3O2S/c7-2-1-3(11(12)13)4(8)6-5(2)9-14-10-6/h1,9-10H. The molecule has 1 aromatic rings. The van der Waals surface area contributed by atoms with Gasteiger partial charge in [-0.3, -0.25) is 10.1 Å².